The molecule has 5 nitrogen and oxygen atoms in total. The van der Waals surface area contributed by atoms with Crippen LogP contribution in [-0.4, -0.2) is 45.1 Å². The first-order valence-electron chi connectivity index (χ1n) is 10.3. The molecule has 1 aliphatic heterocycles. The lowest BCUT2D eigenvalue weighted by Crippen LogP contribution is -2.41. The number of hydrogen-bond donors (Lipinski definition) is 1. The van der Waals surface area contributed by atoms with E-state index in [0.29, 0.717) is 0 Å². The van der Waals surface area contributed by atoms with Crippen LogP contribution in [0, 0.1) is 0 Å². The van der Waals surface area contributed by atoms with Gasteiger partial charge < -0.3 is 10.2 Å². The van der Waals surface area contributed by atoms with E-state index in [1.54, 1.807) is 24.3 Å². The van der Waals surface area contributed by atoms with Crippen molar-refractivity contribution in [1.29, 1.82) is 0 Å². The van der Waals surface area contributed by atoms with Gasteiger partial charge in [0.1, 0.15) is 0 Å². The molecule has 4 rings (SSSR count). The molecule has 6 heteroatoms. The zero-order valence-electron chi connectivity index (χ0n) is 16.8. The van der Waals surface area contributed by atoms with Crippen molar-refractivity contribution in [2.24, 2.45) is 0 Å². The van der Waals surface area contributed by atoms with Crippen molar-refractivity contribution in [3.8, 4) is 0 Å². The first-order valence-corrected chi connectivity index (χ1v) is 12.2. The fourth-order valence-electron chi connectivity index (χ4n) is 4.23. The third-order valence-corrected chi connectivity index (χ3v) is 7.29. The van der Waals surface area contributed by atoms with E-state index in [2.05, 4.69) is 22.3 Å². The van der Waals surface area contributed by atoms with Gasteiger partial charge in [0.25, 0.3) is 0 Å². The summed E-state index contributed by atoms with van der Waals surface area (Å²) < 4.78 is 23.5. The summed E-state index contributed by atoms with van der Waals surface area (Å²) in [6.45, 7) is 2.98. The highest BCUT2D eigenvalue weighted by atomic mass is 32.2. The van der Waals surface area contributed by atoms with E-state index in [1.165, 1.54) is 19.1 Å². The van der Waals surface area contributed by atoms with E-state index in [9.17, 15) is 13.2 Å². The highest BCUT2D eigenvalue weighted by Crippen LogP contribution is 2.49. The van der Waals surface area contributed by atoms with E-state index < -0.39 is 15.3 Å². The maximum atomic E-state index is 13.3. The fourth-order valence-corrected chi connectivity index (χ4v) is 4.86. The number of carbonyl (C=O) groups is 1. The molecule has 29 heavy (non-hydrogen) atoms. The third-order valence-electron chi connectivity index (χ3n) is 6.17. The molecular formula is C23H28N2O3S. The molecule has 2 aromatic rings. The largest absolute Gasteiger partial charge is 0.347 e. The average molecular weight is 413 g/mol. The Bertz CT molecular complexity index is 961. The van der Waals surface area contributed by atoms with Crippen molar-refractivity contribution in [1.82, 2.24) is 10.2 Å². The number of hydrogen-bond acceptors (Lipinski definition) is 4. The molecule has 1 N–H and O–H groups in total. The SMILES string of the molecule is CS(=O)(=O)c1ccc(C2(C(=O)N[C@H](CN3CCCC3)c3ccccc3)CC2)cc1. The van der Waals surface area contributed by atoms with Crippen LogP contribution in [0.1, 0.15) is 42.9 Å². The maximum absolute atomic E-state index is 13.3. The number of nitrogens with one attached hydrogen (secondary N) is 1. The Morgan fingerprint density at radius 2 is 1.66 bits per heavy atom. The van der Waals surface area contributed by atoms with Gasteiger partial charge in [-0.25, -0.2) is 8.42 Å². The Morgan fingerprint density at radius 3 is 2.21 bits per heavy atom. The van der Waals surface area contributed by atoms with Gasteiger partial charge in [0.15, 0.2) is 9.84 Å². The first-order chi connectivity index (χ1) is 13.9. The molecule has 0 aromatic heterocycles. The zero-order chi connectivity index (χ0) is 20.5. The number of nitrogens with zero attached hydrogens (tertiary/aromatic N) is 1. The summed E-state index contributed by atoms with van der Waals surface area (Å²) in [5.74, 6) is 0.0395. The lowest BCUT2D eigenvalue weighted by Gasteiger charge is -2.27. The van der Waals surface area contributed by atoms with Gasteiger partial charge in [-0.2, -0.15) is 0 Å². The number of carbonyl (C=O) groups excluding carboxylic acids is 1. The summed E-state index contributed by atoms with van der Waals surface area (Å²) in [6.07, 6.45) is 5.22. The topological polar surface area (TPSA) is 66.5 Å². The summed E-state index contributed by atoms with van der Waals surface area (Å²) >= 11 is 0. The molecule has 0 spiro atoms. The van der Waals surface area contributed by atoms with Crippen LogP contribution in [0.2, 0.25) is 0 Å². The molecule has 1 saturated carbocycles. The van der Waals surface area contributed by atoms with Crippen molar-refractivity contribution >= 4 is 15.7 Å². The molecule has 154 valence electrons. The number of amides is 1. The summed E-state index contributed by atoms with van der Waals surface area (Å²) in [7, 11) is -3.24. The predicted molar refractivity (Wildman–Crippen MR) is 113 cm³/mol. The lowest BCUT2D eigenvalue weighted by atomic mass is 9.94. The van der Waals surface area contributed by atoms with Crippen LogP contribution in [0.3, 0.4) is 0 Å². The van der Waals surface area contributed by atoms with Crippen LogP contribution in [0.5, 0.6) is 0 Å². The maximum Gasteiger partial charge on any atom is 0.231 e. The minimum atomic E-state index is -3.24. The summed E-state index contributed by atoms with van der Waals surface area (Å²) in [5.41, 5.74) is 1.49. The van der Waals surface area contributed by atoms with Crippen LogP contribution in [0.25, 0.3) is 0 Å². The Morgan fingerprint density at radius 1 is 1.03 bits per heavy atom. The molecule has 1 saturated heterocycles. The predicted octanol–water partition coefficient (Wildman–Crippen LogP) is 3.08. The molecule has 0 radical (unpaired) electrons. The minimum absolute atomic E-state index is 0.0395. The van der Waals surface area contributed by atoms with Crippen molar-refractivity contribution in [3.63, 3.8) is 0 Å². The minimum Gasteiger partial charge on any atom is -0.347 e. The number of benzene rings is 2. The molecule has 0 bridgehead atoms. The molecule has 1 atom stereocenters. The lowest BCUT2D eigenvalue weighted by molar-refractivity contribution is -0.124. The summed E-state index contributed by atoms with van der Waals surface area (Å²) in [5, 5.41) is 3.31. The monoisotopic (exact) mass is 412 g/mol. The Hall–Kier alpha value is -2.18. The van der Waals surface area contributed by atoms with E-state index in [-0.39, 0.29) is 16.8 Å². The van der Waals surface area contributed by atoms with Crippen LogP contribution in [0.15, 0.2) is 59.5 Å². The second-order valence-corrected chi connectivity index (χ2v) is 10.3. The molecule has 1 heterocycles. The Balaban J connectivity index is 1.53. The smallest absolute Gasteiger partial charge is 0.231 e. The zero-order valence-corrected chi connectivity index (χ0v) is 17.6. The van der Waals surface area contributed by atoms with Gasteiger partial charge in [-0.15, -0.1) is 0 Å². The second kappa shape index (κ2) is 7.92. The van der Waals surface area contributed by atoms with Crippen molar-refractivity contribution in [3.05, 3.63) is 65.7 Å². The van der Waals surface area contributed by atoms with Crippen molar-refractivity contribution in [2.75, 3.05) is 25.9 Å². The van der Waals surface area contributed by atoms with Crippen LogP contribution in [0.4, 0.5) is 0 Å². The molecule has 2 aromatic carbocycles. The summed E-state index contributed by atoms with van der Waals surface area (Å²) in [6, 6.07) is 16.9. The molecule has 0 unspecified atom stereocenters. The van der Waals surface area contributed by atoms with Crippen molar-refractivity contribution in [2.45, 2.75) is 42.0 Å². The summed E-state index contributed by atoms with van der Waals surface area (Å²) in [4.78, 5) is 16.0. The molecule has 2 fully saturated rings. The highest BCUT2D eigenvalue weighted by molar-refractivity contribution is 7.90. The fraction of sp³-hybridized carbons (Fsp3) is 0.435. The van der Waals surface area contributed by atoms with Gasteiger partial charge >= 0.3 is 0 Å². The van der Waals surface area contributed by atoms with E-state index in [0.717, 1.165) is 43.6 Å². The van der Waals surface area contributed by atoms with E-state index in [1.807, 2.05) is 18.2 Å². The first kappa shape index (κ1) is 20.1. The normalized spacial score (nSPS) is 19.6. The molecule has 2 aliphatic rings. The van der Waals surface area contributed by atoms with Crippen molar-refractivity contribution < 1.29 is 13.2 Å². The third kappa shape index (κ3) is 4.38. The molecule has 1 amide bonds. The average Bonchev–Trinajstić information content (AvgIpc) is 3.38. The standard InChI is InChI=1S/C23H28N2O3S/c1-29(27,28)20-11-9-19(10-12-20)23(13-14-23)22(26)24-21(17-25-15-5-6-16-25)18-7-3-2-4-8-18/h2-4,7-12,21H,5-6,13-17H2,1H3,(H,24,26)/t21-/m1/s1. The number of rotatable bonds is 7. The highest BCUT2D eigenvalue weighted by Gasteiger charge is 2.51. The van der Waals surface area contributed by atoms with Crippen LogP contribution in [-0.2, 0) is 20.0 Å². The van der Waals surface area contributed by atoms with Crippen LogP contribution < -0.4 is 5.32 Å². The second-order valence-electron chi connectivity index (χ2n) is 8.32. The number of sulfone groups is 1. The van der Waals surface area contributed by atoms with Gasteiger partial charge in [-0.1, -0.05) is 42.5 Å². The van der Waals surface area contributed by atoms with E-state index >= 15 is 0 Å². The van der Waals surface area contributed by atoms with Gasteiger partial charge in [0.05, 0.1) is 16.4 Å². The van der Waals surface area contributed by atoms with Gasteiger partial charge in [0, 0.05) is 12.8 Å². The molecular weight excluding hydrogens is 384 g/mol. The Kier molecular flexibility index (Phi) is 5.49. The quantitative estimate of drug-likeness (QED) is 0.759. The van der Waals surface area contributed by atoms with Gasteiger partial charge in [0.2, 0.25) is 5.91 Å². The van der Waals surface area contributed by atoms with Gasteiger partial charge in [-0.3, -0.25) is 4.79 Å². The number of likely N-dealkylation sites (tertiary alicyclic amines) is 1. The van der Waals surface area contributed by atoms with E-state index in [4.69, 9.17) is 0 Å². The van der Waals surface area contributed by atoms with Crippen LogP contribution >= 0.6 is 0 Å². The van der Waals surface area contributed by atoms with Gasteiger partial charge in [-0.05, 0) is 62.0 Å². The molecule has 1 aliphatic carbocycles. The Labute approximate surface area is 173 Å².